The number of rotatable bonds is 24. The molecule has 244 valence electrons. The number of primary amides is 1. The van der Waals surface area contributed by atoms with Gasteiger partial charge in [-0.2, -0.15) is 0 Å². The molecule has 0 heterocycles. The van der Waals surface area contributed by atoms with Gasteiger partial charge in [-0.05, 0) is 52.0 Å². The van der Waals surface area contributed by atoms with Gasteiger partial charge in [0.2, 0.25) is 41.4 Å². The van der Waals surface area contributed by atoms with Crippen molar-refractivity contribution in [2.45, 2.75) is 77.3 Å². The van der Waals surface area contributed by atoms with E-state index >= 15 is 0 Å². The number of nitrogens with two attached hydrogens (primary N) is 1. The van der Waals surface area contributed by atoms with Crippen LogP contribution in [0.4, 0.5) is 0 Å². The van der Waals surface area contributed by atoms with Crippen molar-refractivity contribution in [2.75, 3.05) is 46.3 Å². The fraction of sp³-hybridized carbons (Fsp3) is 0.679. The standard InChI is InChI=1S/C28H50N8O7/c1-5-6-14-32-24(39)18-36(19-25(40)33-16-10-7-11-22(30-4)27(29)42)26(41)13-17-34-28(43)23(35-21(3)38)12-8-9-15-31-20(2)37/h5,22-23,30H,1,6-19H2,2-4H3,(H2,29,42)(H,31,37)(H,32,39)(H,33,40)(H,34,43)(H,35,38)/t22-,23-/m0/s1. The number of hydrogen-bond donors (Lipinski definition) is 7. The number of likely N-dealkylation sites (N-methyl/N-ethyl adjacent to an activating group) is 1. The van der Waals surface area contributed by atoms with Gasteiger partial charge in [-0.3, -0.25) is 33.6 Å². The molecule has 0 aliphatic carbocycles. The van der Waals surface area contributed by atoms with E-state index in [0.29, 0.717) is 64.6 Å². The van der Waals surface area contributed by atoms with Crippen molar-refractivity contribution < 1.29 is 33.6 Å². The van der Waals surface area contributed by atoms with E-state index in [1.807, 2.05) is 0 Å². The first-order valence-electron chi connectivity index (χ1n) is 14.6. The summed E-state index contributed by atoms with van der Waals surface area (Å²) in [4.78, 5) is 85.5. The van der Waals surface area contributed by atoms with E-state index in [9.17, 15) is 33.6 Å². The van der Waals surface area contributed by atoms with Crippen molar-refractivity contribution in [1.82, 2.24) is 36.8 Å². The van der Waals surface area contributed by atoms with Crippen molar-refractivity contribution in [3.8, 4) is 0 Å². The molecule has 0 rings (SSSR count). The predicted molar refractivity (Wildman–Crippen MR) is 161 cm³/mol. The maximum Gasteiger partial charge on any atom is 0.242 e. The van der Waals surface area contributed by atoms with E-state index in [1.165, 1.54) is 13.8 Å². The first-order chi connectivity index (χ1) is 20.4. The fourth-order valence-electron chi connectivity index (χ4n) is 3.96. The number of unbranched alkanes of at least 4 members (excludes halogenated alkanes) is 2. The highest BCUT2D eigenvalue weighted by molar-refractivity contribution is 5.90. The Balaban J connectivity index is 4.96. The molecule has 0 spiro atoms. The Kier molecular flexibility index (Phi) is 21.3. The van der Waals surface area contributed by atoms with Gasteiger partial charge in [-0.25, -0.2) is 0 Å². The highest BCUT2D eigenvalue weighted by Gasteiger charge is 2.22. The van der Waals surface area contributed by atoms with Gasteiger partial charge in [-0.1, -0.05) is 6.08 Å². The molecule has 0 aliphatic rings. The molecular weight excluding hydrogens is 560 g/mol. The molecule has 0 unspecified atom stereocenters. The van der Waals surface area contributed by atoms with Crippen LogP contribution in [0.3, 0.4) is 0 Å². The fourth-order valence-corrected chi connectivity index (χ4v) is 3.96. The molecule has 15 heteroatoms. The summed E-state index contributed by atoms with van der Waals surface area (Å²) in [5.41, 5.74) is 5.30. The van der Waals surface area contributed by atoms with Gasteiger partial charge in [0.25, 0.3) is 0 Å². The summed E-state index contributed by atoms with van der Waals surface area (Å²) in [6.45, 7) is 6.63. The van der Waals surface area contributed by atoms with Crippen LogP contribution in [0, 0.1) is 0 Å². The molecular formula is C28H50N8O7. The topological polar surface area (TPSA) is 221 Å². The van der Waals surface area contributed by atoms with Gasteiger partial charge >= 0.3 is 0 Å². The van der Waals surface area contributed by atoms with Gasteiger partial charge in [0.1, 0.15) is 19.1 Å². The summed E-state index contributed by atoms with van der Waals surface area (Å²) in [5, 5.41) is 16.1. The molecule has 0 aromatic rings. The lowest BCUT2D eigenvalue weighted by Gasteiger charge is -2.22. The molecule has 15 nitrogen and oxygen atoms in total. The van der Waals surface area contributed by atoms with E-state index in [0.717, 1.165) is 4.90 Å². The van der Waals surface area contributed by atoms with Gasteiger partial charge in [-0.15, -0.1) is 6.58 Å². The largest absolute Gasteiger partial charge is 0.368 e. The summed E-state index contributed by atoms with van der Waals surface area (Å²) < 4.78 is 0. The van der Waals surface area contributed by atoms with Crippen LogP contribution in [0.15, 0.2) is 12.7 Å². The zero-order valence-electron chi connectivity index (χ0n) is 25.7. The smallest absolute Gasteiger partial charge is 0.242 e. The van der Waals surface area contributed by atoms with Gasteiger partial charge in [0.05, 0.1) is 6.04 Å². The molecule has 0 aromatic heterocycles. The molecule has 0 saturated carbocycles. The van der Waals surface area contributed by atoms with Crippen molar-refractivity contribution in [2.24, 2.45) is 5.73 Å². The number of carbonyl (C=O) groups excluding carboxylic acids is 7. The molecule has 2 atom stereocenters. The molecule has 0 saturated heterocycles. The van der Waals surface area contributed by atoms with Crippen LogP contribution in [0.2, 0.25) is 0 Å². The molecule has 0 aromatic carbocycles. The Morgan fingerprint density at radius 2 is 1.30 bits per heavy atom. The van der Waals surface area contributed by atoms with Crippen LogP contribution >= 0.6 is 0 Å². The summed E-state index contributed by atoms with van der Waals surface area (Å²) >= 11 is 0. The Morgan fingerprint density at radius 3 is 1.81 bits per heavy atom. The number of carbonyl (C=O) groups is 7. The van der Waals surface area contributed by atoms with Crippen molar-refractivity contribution >= 4 is 41.4 Å². The minimum absolute atomic E-state index is 0.0671. The van der Waals surface area contributed by atoms with Crippen LogP contribution < -0.4 is 37.6 Å². The molecule has 0 bridgehead atoms. The zero-order valence-corrected chi connectivity index (χ0v) is 25.7. The third kappa shape index (κ3) is 20.5. The van der Waals surface area contributed by atoms with Gasteiger partial charge in [0, 0.05) is 46.4 Å². The highest BCUT2D eigenvalue weighted by atomic mass is 16.2. The van der Waals surface area contributed by atoms with E-state index < -0.39 is 41.6 Å². The lowest BCUT2D eigenvalue weighted by molar-refractivity contribution is -0.139. The Labute approximate surface area is 253 Å². The van der Waals surface area contributed by atoms with Gasteiger partial charge in [0.15, 0.2) is 0 Å². The summed E-state index contributed by atoms with van der Waals surface area (Å²) in [5.74, 6) is -2.87. The monoisotopic (exact) mass is 610 g/mol. The van der Waals surface area contributed by atoms with Crippen molar-refractivity contribution in [3.63, 3.8) is 0 Å². The minimum Gasteiger partial charge on any atom is -0.368 e. The maximum atomic E-state index is 13.0. The second kappa shape index (κ2) is 23.5. The molecule has 0 aliphatic heterocycles. The van der Waals surface area contributed by atoms with E-state index in [2.05, 4.69) is 38.5 Å². The lowest BCUT2D eigenvalue weighted by Crippen LogP contribution is -2.48. The molecule has 7 amide bonds. The van der Waals surface area contributed by atoms with Crippen LogP contribution in [-0.4, -0.2) is 105 Å². The molecule has 43 heavy (non-hydrogen) atoms. The Hall–Kier alpha value is -4.01. The van der Waals surface area contributed by atoms with Crippen LogP contribution in [0.5, 0.6) is 0 Å². The number of nitrogens with zero attached hydrogens (tertiary/aromatic N) is 1. The number of hydrogen-bond acceptors (Lipinski definition) is 8. The summed E-state index contributed by atoms with van der Waals surface area (Å²) in [6.07, 6.45) is 5.28. The molecule has 0 fully saturated rings. The number of nitrogens with one attached hydrogen (secondary N) is 6. The molecule has 8 N–H and O–H groups in total. The second-order valence-electron chi connectivity index (χ2n) is 10.0. The van der Waals surface area contributed by atoms with E-state index in [-0.39, 0.29) is 37.9 Å². The van der Waals surface area contributed by atoms with E-state index in [4.69, 9.17) is 5.73 Å². The Bertz CT molecular complexity index is 944. The quantitative estimate of drug-likeness (QED) is 0.0486. The third-order valence-electron chi connectivity index (χ3n) is 6.25. The Morgan fingerprint density at radius 1 is 0.744 bits per heavy atom. The maximum absolute atomic E-state index is 13.0. The van der Waals surface area contributed by atoms with E-state index in [1.54, 1.807) is 13.1 Å². The lowest BCUT2D eigenvalue weighted by atomic mass is 10.1. The van der Waals surface area contributed by atoms with Crippen LogP contribution in [-0.2, 0) is 33.6 Å². The first kappa shape index (κ1) is 39.0. The van der Waals surface area contributed by atoms with Crippen molar-refractivity contribution in [3.05, 3.63) is 12.7 Å². The zero-order chi connectivity index (χ0) is 32.6. The summed E-state index contributed by atoms with van der Waals surface area (Å²) in [7, 11) is 1.64. The summed E-state index contributed by atoms with van der Waals surface area (Å²) in [6, 6.07) is -1.26. The minimum atomic E-state index is -0.811. The molecule has 0 radical (unpaired) electrons. The highest BCUT2D eigenvalue weighted by Crippen LogP contribution is 2.03. The predicted octanol–water partition coefficient (Wildman–Crippen LogP) is -1.82. The second-order valence-corrected chi connectivity index (χ2v) is 10.0. The van der Waals surface area contributed by atoms with Crippen LogP contribution in [0.1, 0.15) is 65.2 Å². The third-order valence-corrected chi connectivity index (χ3v) is 6.25. The van der Waals surface area contributed by atoms with Crippen LogP contribution in [0.25, 0.3) is 0 Å². The average molecular weight is 611 g/mol. The normalized spacial score (nSPS) is 11.8. The average Bonchev–Trinajstić information content (AvgIpc) is 2.93. The SMILES string of the molecule is C=CCCNC(=O)CN(CC(=O)NCCCC[C@H](NC)C(N)=O)C(=O)CCNC(=O)[C@H](CCCCNC(C)=O)NC(C)=O. The van der Waals surface area contributed by atoms with Crippen molar-refractivity contribution in [1.29, 1.82) is 0 Å². The first-order valence-corrected chi connectivity index (χ1v) is 14.6. The van der Waals surface area contributed by atoms with Gasteiger partial charge < -0.3 is 42.5 Å². The number of amides is 7.